The van der Waals surface area contributed by atoms with Crippen molar-refractivity contribution >= 4 is 17.7 Å². The van der Waals surface area contributed by atoms with Crippen molar-refractivity contribution < 1.29 is 14.6 Å². The fourth-order valence-corrected chi connectivity index (χ4v) is 3.67. The molecule has 1 aliphatic rings. The van der Waals surface area contributed by atoms with E-state index in [2.05, 4.69) is 70.9 Å². The molecule has 0 aromatic heterocycles. The normalized spacial score (nSPS) is 19.2. The Morgan fingerprint density at radius 2 is 1.62 bits per heavy atom. The number of hydrogen-bond donors (Lipinski definition) is 3. The molecule has 1 fully saturated rings. The zero-order chi connectivity index (χ0) is 20.5. The van der Waals surface area contributed by atoms with Crippen molar-refractivity contribution in [2.24, 2.45) is 0 Å². The van der Waals surface area contributed by atoms with Crippen molar-refractivity contribution in [1.82, 2.24) is 5.32 Å². The van der Waals surface area contributed by atoms with Gasteiger partial charge in [0.2, 0.25) is 0 Å². The number of nitrogens with zero attached hydrogens (tertiary/aromatic N) is 1. The quantitative estimate of drug-likeness (QED) is 0.584. The Labute approximate surface area is 174 Å². The van der Waals surface area contributed by atoms with Crippen LogP contribution in [0.2, 0.25) is 0 Å². The number of anilines is 1. The van der Waals surface area contributed by atoms with Gasteiger partial charge in [0, 0.05) is 26.3 Å². The van der Waals surface area contributed by atoms with Crippen molar-refractivity contribution in [2.75, 3.05) is 58.3 Å². The Bertz CT molecular complexity index is 778. The second kappa shape index (κ2) is 10.8. The van der Waals surface area contributed by atoms with Crippen LogP contribution >= 0.6 is 0 Å². The third-order valence-corrected chi connectivity index (χ3v) is 5.53. The number of quaternary nitrogens is 2. The van der Waals surface area contributed by atoms with Crippen LogP contribution in [0.5, 0.6) is 0 Å². The Morgan fingerprint density at radius 3 is 2.28 bits per heavy atom. The first-order chi connectivity index (χ1) is 14.1. The summed E-state index contributed by atoms with van der Waals surface area (Å²) in [6, 6.07) is 18.8. The van der Waals surface area contributed by atoms with Gasteiger partial charge in [0.1, 0.15) is 26.2 Å². The molecule has 0 bridgehead atoms. The van der Waals surface area contributed by atoms with E-state index < -0.39 is 0 Å². The van der Waals surface area contributed by atoms with E-state index in [0.29, 0.717) is 13.1 Å². The summed E-state index contributed by atoms with van der Waals surface area (Å²) in [5, 5.41) is 3.07. The van der Waals surface area contributed by atoms with Crippen LogP contribution in [0.3, 0.4) is 0 Å². The lowest BCUT2D eigenvalue weighted by atomic mass is 10.2. The first kappa shape index (κ1) is 21.1. The summed E-state index contributed by atoms with van der Waals surface area (Å²) in [5.74, 6) is 0.143. The number of carbonyl (C=O) groups is 1. The van der Waals surface area contributed by atoms with E-state index in [1.54, 1.807) is 4.90 Å². The van der Waals surface area contributed by atoms with Crippen LogP contribution in [-0.4, -0.2) is 59.3 Å². The molecule has 3 rings (SSSR count). The molecule has 0 unspecified atom stereocenters. The molecule has 29 heavy (non-hydrogen) atoms. The minimum absolute atomic E-state index is 0.143. The van der Waals surface area contributed by atoms with Crippen molar-refractivity contribution in [3.63, 3.8) is 0 Å². The minimum Gasteiger partial charge on any atom is -0.378 e. The Balaban J connectivity index is 1.33. The van der Waals surface area contributed by atoms with E-state index in [0.717, 1.165) is 38.3 Å². The van der Waals surface area contributed by atoms with Gasteiger partial charge in [-0.1, -0.05) is 48.5 Å². The second-order valence-corrected chi connectivity index (χ2v) is 8.03. The van der Waals surface area contributed by atoms with E-state index in [-0.39, 0.29) is 5.91 Å². The van der Waals surface area contributed by atoms with E-state index in [1.807, 2.05) is 20.2 Å². The van der Waals surface area contributed by atoms with Gasteiger partial charge >= 0.3 is 0 Å². The van der Waals surface area contributed by atoms with Crippen LogP contribution in [0.1, 0.15) is 11.1 Å². The molecule has 1 amide bonds. The predicted molar refractivity (Wildman–Crippen MR) is 119 cm³/mol. The molecule has 3 N–H and O–H groups in total. The van der Waals surface area contributed by atoms with Crippen LogP contribution in [0.25, 0.3) is 6.08 Å². The number of rotatable bonds is 8. The molecular weight excluding hydrogens is 360 g/mol. The summed E-state index contributed by atoms with van der Waals surface area (Å²) in [5.41, 5.74) is 3.56. The number of hydrogen-bond acceptors (Lipinski definition) is 2. The monoisotopic (exact) mass is 394 g/mol. The Hall–Kier alpha value is -2.63. The second-order valence-electron chi connectivity index (χ2n) is 8.03. The third-order valence-electron chi connectivity index (χ3n) is 5.53. The van der Waals surface area contributed by atoms with Gasteiger partial charge in [-0.25, -0.2) is 0 Å². The molecule has 5 nitrogen and oxygen atoms in total. The van der Waals surface area contributed by atoms with Gasteiger partial charge in [-0.05, 0) is 29.3 Å². The molecule has 1 heterocycles. The highest BCUT2D eigenvalue weighted by molar-refractivity contribution is 5.76. The average molecular weight is 395 g/mol. The summed E-state index contributed by atoms with van der Waals surface area (Å²) < 4.78 is 0. The first-order valence-corrected chi connectivity index (χ1v) is 10.5. The molecule has 5 heteroatoms. The summed E-state index contributed by atoms with van der Waals surface area (Å²) in [6.07, 6.45) is 4.47. The van der Waals surface area contributed by atoms with E-state index in [4.69, 9.17) is 0 Å². The van der Waals surface area contributed by atoms with Gasteiger partial charge in [0.15, 0.2) is 6.54 Å². The van der Waals surface area contributed by atoms with E-state index in [1.165, 1.54) is 16.2 Å². The standard InChI is InChI=1S/C24H32N4O/c1-26(2)23-12-10-22(11-13-23)19-25-24(29)20-28-17-15-27(16-18-28)14-6-9-21-7-4-3-5-8-21/h3-13H,14-20H2,1-2H3,(H,25,29)/p+2/b9-6+. The highest BCUT2D eigenvalue weighted by Crippen LogP contribution is 2.11. The molecule has 2 aromatic rings. The first-order valence-electron chi connectivity index (χ1n) is 10.5. The van der Waals surface area contributed by atoms with Crippen LogP contribution in [-0.2, 0) is 11.3 Å². The number of nitrogens with one attached hydrogen (secondary N) is 3. The van der Waals surface area contributed by atoms with Crippen LogP contribution < -0.4 is 20.0 Å². The fourth-order valence-electron chi connectivity index (χ4n) is 3.67. The summed E-state index contributed by atoms with van der Waals surface area (Å²) in [6.45, 7) is 6.57. The summed E-state index contributed by atoms with van der Waals surface area (Å²) in [4.78, 5) is 17.4. The predicted octanol–water partition coefficient (Wildman–Crippen LogP) is -0.134. The Kier molecular flexibility index (Phi) is 7.85. The van der Waals surface area contributed by atoms with Crippen molar-refractivity contribution in [2.45, 2.75) is 6.54 Å². The smallest absolute Gasteiger partial charge is 0.275 e. The topological polar surface area (TPSA) is 41.2 Å². The van der Waals surface area contributed by atoms with Crippen molar-refractivity contribution in [3.05, 3.63) is 71.8 Å². The van der Waals surface area contributed by atoms with Gasteiger partial charge in [0.05, 0.1) is 6.54 Å². The van der Waals surface area contributed by atoms with Gasteiger partial charge in [0.25, 0.3) is 5.91 Å². The lowest BCUT2D eigenvalue weighted by Gasteiger charge is -2.28. The van der Waals surface area contributed by atoms with E-state index >= 15 is 0 Å². The molecule has 2 aromatic carbocycles. The van der Waals surface area contributed by atoms with Crippen LogP contribution in [0.15, 0.2) is 60.7 Å². The van der Waals surface area contributed by atoms with Crippen LogP contribution in [0.4, 0.5) is 5.69 Å². The number of amides is 1. The summed E-state index contributed by atoms with van der Waals surface area (Å²) >= 11 is 0. The molecule has 0 radical (unpaired) electrons. The Morgan fingerprint density at radius 1 is 0.966 bits per heavy atom. The van der Waals surface area contributed by atoms with Gasteiger partial charge in [-0.15, -0.1) is 0 Å². The number of benzene rings is 2. The molecule has 1 saturated heterocycles. The van der Waals surface area contributed by atoms with Crippen molar-refractivity contribution in [1.29, 1.82) is 0 Å². The average Bonchev–Trinajstić information content (AvgIpc) is 2.74. The minimum atomic E-state index is 0.143. The van der Waals surface area contributed by atoms with Gasteiger partial charge in [-0.2, -0.15) is 0 Å². The largest absolute Gasteiger partial charge is 0.378 e. The highest BCUT2D eigenvalue weighted by atomic mass is 16.2. The molecule has 0 aliphatic carbocycles. The fraction of sp³-hybridized carbons (Fsp3) is 0.375. The SMILES string of the molecule is CN(C)c1ccc(CNC(=O)C[NH+]2CC[NH+](C/C=C/c3ccccc3)CC2)cc1. The lowest BCUT2D eigenvalue weighted by Crippen LogP contribution is -3.28. The maximum Gasteiger partial charge on any atom is 0.275 e. The van der Waals surface area contributed by atoms with Crippen molar-refractivity contribution in [3.8, 4) is 0 Å². The number of carbonyl (C=O) groups excluding carboxylic acids is 1. The van der Waals surface area contributed by atoms with Gasteiger partial charge in [-0.3, -0.25) is 4.79 Å². The molecule has 1 aliphatic heterocycles. The van der Waals surface area contributed by atoms with E-state index in [9.17, 15) is 4.79 Å². The highest BCUT2D eigenvalue weighted by Gasteiger charge is 2.23. The lowest BCUT2D eigenvalue weighted by molar-refractivity contribution is -1.01. The zero-order valence-electron chi connectivity index (χ0n) is 17.7. The zero-order valence-corrected chi connectivity index (χ0v) is 17.7. The molecule has 0 spiro atoms. The maximum atomic E-state index is 12.3. The molecule has 0 atom stereocenters. The molecule has 154 valence electrons. The third kappa shape index (κ3) is 7.04. The summed E-state index contributed by atoms with van der Waals surface area (Å²) in [7, 11) is 4.06. The molecular formula is C24H34N4O+2. The number of piperazine rings is 1. The molecule has 0 saturated carbocycles. The maximum absolute atomic E-state index is 12.3. The van der Waals surface area contributed by atoms with Gasteiger partial charge < -0.3 is 20.0 Å². The van der Waals surface area contributed by atoms with Crippen LogP contribution in [0, 0.1) is 0 Å².